The Balaban J connectivity index is 1.77. The van der Waals surface area contributed by atoms with Crippen LogP contribution in [0.4, 0.5) is 5.82 Å². The third-order valence-corrected chi connectivity index (χ3v) is 4.78. The first kappa shape index (κ1) is 14.1. The standard InChI is InChI=1S/C14H14N4OS2/c1-19-10-4-2-9(3-5-10)8-21-14-16-11-6-7-20-12(11)13(17-14)18-15/h2-7H,8,15H2,1H3,(H,16,17,18). The van der Waals surface area contributed by atoms with Gasteiger partial charge < -0.3 is 10.2 Å². The molecule has 0 saturated carbocycles. The number of nitrogens with one attached hydrogen (secondary N) is 1. The fraction of sp³-hybridized carbons (Fsp3) is 0.143. The van der Waals surface area contributed by atoms with E-state index in [-0.39, 0.29) is 0 Å². The lowest BCUT2D eigenvalue weighted by atomic mass is 10.2. The van der Waals surface area contributed by atoms with Gasteiger partial charge in [0.1, 0.15) is 5.75 Å². The summed E-state index contributed by atoms with van der Waals surface area (Å²) in [4.78, 5) is 8.98. The van der Waals surface area contributed by atoms with Crippen molar-refractivity contribution in [2.45, 2.75) is 10.9 Å². The highest BCUT2D eigenvalue weighted by atomic mass is 32.2. The molecule has 7 heteroatoms. The maximum atomic E-state index is 5.53. The lowest BCUT2D eigenvalue weighted by Gasteiger charge is -2.05. The molecule has 3 N–H and O–H groups in total. The Labute approximate surface area is 130 Å². The number of rotatable bonds is 5. The number of benzene rings is 1. The number of hydrazine groups is 1. The molecule has 0 aliphatic heterocycles. The molecule has 3 aromatic rings. The zero-order valence-electron chi connectivity index (χ0n) is 11.4. The Hall–Kier alpha value is -1.83. The minimum atomic E-state index is 0.673. The van der Waals surface area contributed by atoms with Crippen LogP contribution in [0.3, 0.4) is 0 Å². The van der Waals surface area contributed by atoms with Gasteiger partial charge in [0.25, 0.3) is 0 Å². The van der Waals surface area contributed by atoms with Crippen molar-refractivity contribution in [3.05, 3.63) is 41.3 Å². The van der Waals surface area contributed by atoms with Gasteiger partial charge in [-0.05, 0) is 29.1 Å². The predicted molar refractivity (Wildman–Crippen MR) is 87.8 cm³/mol. The summed E-state index contributed by atoms with van der Waals surface area (Å²) in [6.07, 6.45) is 0. The number of nitrogens with two attached hydrogens (primary N) is 1. The van der Waals surface area contributed by atoms with Crippen molar-refractivity contribution in [3.8, 4) is 5.75 Å². The van der Waals surface area contributed by atoms with Crippen LogP contribution in [0, 0.1) is 0 Å². The fourth-order valence-corrected chi connectivity index (χ4v) is 3.46. The molecule has 0 spiro atoms. The smallest absolute Gasteiger partial charge is 0.190 e. The minimum Gasteiger partial charge on any atom is -0.497 e. The number of fused-ring (bicyclic) bond motifs is 1. The average molecular weight is 318 g/mol. The molecule has 2 heterocycles. The highest BCUT2D eigenvalue weighted by Crippen LogP contribution is 2.29. The topological polar surface area (TPSA) is 73.1 Å². The van der Waals surface area contributed by atoms with Crippen molar-refractivity contribution in [1.29, 1.82) is 0 Å². The second-order valence-electron chi connectivity index (χ2n) is 4.27. The first-order valence-electron chi connectivity index (χ1n) is 6.28. The van der Waals surface area contributed by atoms with E-state index in [0.717, 1.165) is 21.7 Å². The summed E-state index contributed by atoms with van der Waals surface area (Å²) in [5.41, 5.74) is 4.75. The van der Waals surface area contributed by atoms with Crippen LogP contribution in [0.25, 0.3) is 10.2 Å². The van der Waals surface area contributed by atoms with Crippen molar-refractivity contribution < 1.29 is 4.74 Å². The molecule has 0 radical (unpaired) electrons. The highest BCUT2D eigenvalue weighted by Gasteiger charge is 2.08. The molecule has 5 nitrogen and oxygen atoms in total. The normalized spacial score (nSPS) is 10.8. The molecule has 3 rings (SSSR count). The molecule has 0 atom stereocenters. The number of aromatic nitrogens is 2. The Kier molecular flexibility index (Phi) is 4.23. The lowest BCUT2D eigenvalue weighted by molar-refractivity contribution is 0.414. The molecule has 0 aliphatic carbocycles. The van der Waals surface area contributed by atoms with Gasteiger partial charge in [0, 0.05) is 5.75 Å². The first-order chi connectivity index (χ1) is 10.3. The second-order valence-corrected chi connectivity index (χ2v) is 6.13. The van der Waals surface area contributed by atoms with Gasteiger partial charge in [-0.15, -0.1) is 11.3 Å². The van der Waals surface area contributed by atoms with E-state index in [9.17, 15) is 0 Å². The number of methoxy groups -OCH3 is 1. The number of hydrogen-bond donors (Lipinski definition) is 2. The van der Waals surface area contributed by atoms with Crippen LogP contribution in [-0.2, 0) is 5.75 Å². The number of hydrogen-bond acceptors (Lipinski definition) is 7. The van der Waals surface area contributed by atoms with Gasteiger partial charge in [-0.2, -0.15) is 0 Å². The van der Waals surface area contributed by atoms with Crippen LogP contribution < -0.4 is 16.0 Å². The zero-order chi connectivity index (χ0) is 14.7. The molecule has 0 bridgehead atoms. The van der Waals surface area contributed by atoms with Crippen molar-refractivity contribution in [2.75, 3.05) is 12.5 Å². The van der Waals surface area contributed by atoms with E-state index in [1.165, 1.54) is 5.56 Å². The molecular weight excluding hydrogens is 304 g/mol. The van der Waals surface area contributed by atoms with Crippen LogP contribution in [0.1, 0.15) is 5.56 Å². The van der Waals surface area contributed by atoms with Crippen molar-refractivity contribution >= 4 is 39.1 Å². The van der Waals surface area contributed by atoms with Gasteiger partial charge in [0.05, 0.1) is 17.3 Å². The Bertz CT molecular complexity index is 742. The largest absolute Gasteiger partial charge is 0.497 e. The fourth-order valence-electron chi connectivity index (χ4n) is 1.87. The number of ether oxygens (including phenoxy) is 1. The maximum absolute atomic E-state index is 5.53. The van der Waals surface area contributed by atoms with Crippen LogP contribution in [-0.4, -0.2) is 17.1 Å². The number of thioether (sulfide) groups is 1. The molecule has 0 saturated heterocycles. The number of thiophene rings is 1. The average Bonchev–Trinajstić information content (AvgIpc) is 3.01. The van der Waals surface area contributed by atoms with E-state index in [2.05, 4.69) is 15.4 Å². The first-order valence-corrected chi connectivity index (χ1v) is 8.14. The van der Waals surface area contributed by atoms with Gasteiger partial charge in [-0.1, -0.05) is 23.9 Å². The third kappa shape index (κ3) is 3.10. The van der Waals surface area contributed by atoms with Gasteiger partial charge in [0.2, 0.25) is 0 Å². The Morgan fingerprint density at radius 2 is 2.05 bits per heavy atom. The predicted octanol–water partition coefficient (Wildman–Crippen LogP) is 3.28. The molecule has 0 amide bonds. The van der Waals surface area contributed by atoms with E-state index in [0.29, 0.717) is 11.0 Å². The van der Waals surface area contributed by atoms with E-state index >= 15 is 0 Å². The quantitative estimate of drug-likeness (QED) is 0.325. The summed E-state index contributed by atoms with van der Waals surface area (Å²) in [6.45, 7) is 0. The van der Waals surface area contributed by atoms with Crippen LogP contribution in [0.5, 0.6) is 5.75 Å². The van der Waals surface area contributed by atoms with E-state index in [4.69, 9.17) is 10.6 Å². The Morgan fingerprint density at radius 3 is 2.76 bits per heavy atom. The Morgan fingerprint density at radius 1 is 1.24 bits per heavy atom. The third-order valence-electron chi connectivity index (χ3n) is 2.95. The molecule has 0 aliphatic rings. The summed E-state index contributed by atoms with van der Waals surface area (Å²) in [6, 6.07) is 9.95. The SMILES string of the molecule is COc1ccc(CSc2nc(NN)c3sccc3n2)cc1. The van der Waals surface area contributed by atoms with Crippen molar-refractivity contribution in [2.24, 2.45) is 5.84 Å². The van der Waals surface area contributed by atoms with E-state index < -0.39 is 0 Å². The summed E-state index contributed by atoms with van der Waals surface area (Å²) in [5, 5.41) is 2.70. The number of nitrogens with zero attached hydrogens (tertiary/aromatic N) is 2. The molecule has 0 fully saturated rings. The number of nitrogen functional groups attached to an aromatic ring is 1. The summed E-state index contributed by atoms with van der Waals surface area (Å²) < 4.78 is 6.13. The lowest BCUT2D eigenvalue weighted by Crippen LogP contribution is -2.09. The molecule has 108 valence electrons. The molecule has 2 aromatic heterocycles. The maximum Gasteiger partial charge on any atom is 0.190 e. The van der Waals surface area contributed by atoms with E-state index in [1.54, 1.807) is 30.2 Å². The van der Waals surface area contributed by atoms with Crippen LogP contribution in [0.2, 0.25) is 0 Å². The monoisotopic (exact) mass is 318 g/mol. The molecule has 1 aromatic carbocycles. The van der Waals surface area contributed by atoms with Crippen LogP contribution >= 0.6 is 23.1 Å². The number of anilines is 1. The molecular formula is C14H14N4OS2. The highest BCUT2D eigenvalue weighted by molar-refractivity contribution is 7.98. The molecule has 21 heavy (non-hydrogen) atoms. The van der Waals surface area contributed by atoms with E-state index in [1.807, 2.05) is 35.7 Å². The zero-order valence-corrected chi connectivity index (χ0v) is 13.0. The van der Waals surface area contributed by atoms with Crippen LogP contribution in [0.15, 0.2) is 40.9 Å². The minimum absolute atomic E-state index is 0.673. The summed E-state index contributed by atoms with van der Waals surface area (Å²) in [7, 11) is 1.66. The van der Waals surface area contributed by atoms with Gasteiger partial charge in [-0.3, -0.25) is 0 Å². The van der Waals surface area contributed by atoms with Crippen molar-refractivity contribution in [3.63, 3.8) is 0 Å². The van der Waals surface area contributed by atoms with Gasteiger partial charge in [0.15, 0.2) is 11.0 Å². The summed E-state index contributed by atoms with van der Waals surface area (Å²) in [5.74, 6) is 7.85. The molecule has 0 unspecified atom stereocenters. The second kappa shape index (κ2) is 6.30. The summed E-state index contributed by atoms with van der Waals surface area (Å²) >= 11 is 3.16. The van der Waals surface area contributed by atoms with Crippen molar-refractivity contribution in [1.82, 2.24) is 9.97 Å². The van der Waals surface area contributed by atoms with Gasteiger partial charge in [-0.25, -0.2) is 15.8 Å². The van der Waals surface area contributed by atoms with Gasteiger partial charge >= 0.3 is 0 Å².